The summed E-state index contributed by atoms with van der Waals surface area (Å²) in [6.07, 6.45) is 7.75. The summed E-state index contributed by atoms with van der Waals surface area (Å²) in [7, 11) is 0. The third-order valence-electron chi connectivity index (χ3n) is 5.83. The van der Waals surface area contributed by atoms with Crippen LogP contribution in [0.4, 0.5) is 0 Å². The quantitative estimate of drug-likeness (QED) is 0.776. The van der Waals surface area contributed by atoms with Gasteiger partial charge in [-0.25, -0.2) is 4.98 Å². The van der Waals surface area contributed by atoms with E-state index in [0.717, 1.165) is 42.2 Å². The Kier molecular flexibility index (Phi) is 3.80. The highest BCUT2D eigenvalue weighted by Gasteiger charge is 2.30. The fraction of sp³-hybridized carbons (Fsp3) is 0.429. The van der Waals surface area contributed by atoms with Crippen molar-refractivity contribution in [3.05, 3.63) is 53.4 Å². The molecule has 1 saturated carbocycles. The van der Waals surface area contributed by atoms with Gasteiger partial charge in [0.15, 0.2) is 5.89 Å². The molecule has 3 aromatic rings. The summed E-state index contributed by atoms with van der Waals surface area (Å²) in [5.41, 5.74) is 3.31. The maximum Gasteiger partial charge on any atom is 0.223 e. The molecule has 0 spiro atoms. The number of aromatic amines is 1. The summed E-state index contributed by atoms with van der Waals surface area (Å²) in [5.74, 6) is 2.60. The van der Waals surface area contributed by atoms with Gasteiger partial charge in [-0.1, -0.05) is 24.6 Å². The van der Waals surface area contributed by atoms with E-state index in [2.05, 4.69) is 17.1 Å². The normalized spacial score (nSPS) is 17.3. The van der Waals surface area contributed by atoms with E-state index in [-0.39, 0.29) is 5.91 Å². The number of nitrogens with one attached hydrogen (secondary N) is 1. The van der Waals surface area contributed by atoms with Gasteiger partial charge in [0.05, 0.1) is 6.54 Å². The predicted molar refractivity (Wildman–Crippen MR) is 98.8 cm³/mol. The first kappa shape index (κ1) is 15.7. The van der Waals surface area contributed by atoms with Crippen molar-refractivity contribution in [3.8, 4) is 0 Å². The number of carbonyl (C=O) groups excluding carboxylic acids is 1. The van der Waals surface area contributed by atoms with Crippen LogP contribution in [0.15, 0.2) is 34.9 Å². The van der Waals surface area contributed by atoms with Gasteiger partial charge in [-0.2, -0.15) is 0 Å². The number of fused-ring (bicyclic) bond motifs is 2. The Morgan fingerprint density at radius 2 is 2.19 bits per heavy atom. The van der Waals surface area contributed by atoms with E-state index in [4.69, 9.17) is 9.40 Å². The highest BCUT2D eigenvalue weighted by molar-refractivity contribution is 5.84. The second-order valence-corrected chi connectivity index (χ2v) is 7.47. The van der Waals surface area contributed by atoms with Crippen LogP contribution in [0.3, 0.4) is 0 Å². The molecule has 3 heterocycles. The molecule has 1 aliphatic carbocycles. The van der Waals surface area contributed by atoms with Crippen molar-refractivity contribution in [2.75, 3.05) is 6.54 Å². The topological polar surface area (TPSA) is 62.1 Å². The first-order chi connectivity index (χ1) is 12.8. The zero-order valence-electron chi connectivity index (χ0n) is 14.8. The Bertz CT molecular complexity index is 951. The monoisotopic (exact) mass is 349 g/mol. The first-order valence-electron chi connectivity index (χ1n) is 9.59. The van der Waals surface area contributed by atoms with Crippen LogP contribution < -0.4 is 0 Å². The maximum atomic E-state index is 12.7. The van der Waals surface area contributed by atoms with Crippen molar-refractivity contribution >= 4 is 16.8 Å². The second-order valence-electron chi connectivity index (χ2n) is 7.47. The number of hydrogen-bond donors (Lipinski definition) is 1. The fourth-order valence-corrected chi connectivity index (χ4v) is 4.00. The van der Waals surface area contributed by atoms with Gasteiger partial charge >= 0.3 is 0 Å². The fourth-order valence-electron chi connectivity index (χ4n) is 4.00. The van der Waals surface area contributed by atoms with Crippen LogP contribution in [0, 0.1) is 0 Å². The number of amides is 1. The van der Waals surface area contributed by atoms with Crippen molar-refractivity contribution in [1.29, 1.82) is 0 Å². The minimum absolute atomic E-state index is 0.203. The van der Waals surface area contributed by atoms with Gasteiger partial charge in [-0.15, -0.1) is 0 Å². The summed E-state index contributed by atoms with van der Waals surface area (Å²) >= 11 is 0. The molecule has 2 aliphatic rings. The molecular weight excluding hydrogens is 326 g/mol. The molecule has 5 rings (SSSR count). The lowest BCUT2D eigenvalue weighted by molar-refractivity contribution is -0.132. The minimum Gasteiger partial charge on any atom is -0.445 e. The average Bonchev–Trinajstić information content (AvgIpc) is 3.21. The van der Waals surface area contributed by atoms with Crippen molar-refractivity contribution in [3.63, 3.8) is 0 Å². The molecule has 0 radical (unpaired) electrons. The van der Waals surface area contributed by atoms with Crippen LogP contribution in [0.2, 0.25) is 0 Å². The second kappa shape index (κ2) is 6.31. The number of aromatic nitrogens is 2. The summed E-state index contributed by atoms with van der Waals surface area (Å²) in [4.78, 5) is 22.6. The number of rotatable bonds is 4. The predicted octanol–water partition coefficient (Wildman–Crippen LogP) is 3.94. The van der Waals surface area contributed by atoms with Crippen LogP contribution in [-0.4, -0.2) is 27.3 Å². The van der Waals surface area contributed by atoms with Gasteiger partial charge in [0, 0.05) is 42.4 Å². The Hall–Kier alpha value is -2.56. The average molecular weight is 349 g/mol. The first-order valence-corrected chi connectivity index (χ1v) is 9.59. The third kappa shape index (κ3) is 2.71. The van der Waals surface area contributed by atoms with Gasteiger partial charge in [0.1, 0.15) is 11.5 Å². The molecule has 0 bridgehead atoms. The molecule has 1 N–H and O–H groups in total. The molecule has 5 heteroatoms. The molecule has 0 atom stereocenters. The van der Waals surface area contributed by atoms with Crippen LogP contribution in [-0.2, 0) is 24.2 Å². The van der Waals surface area contributed by atoms with Gasteiger partial charge in [0.2, 0.25) is 5.91 Å². The minimum atomic E-state index is 0.203. The SMILES string of the molecule is O=C(CCc1c[nH]c2ccccc12)N1CCc2oc(C3CCC3)nc2C1. The highest BCUT2D eigenvalue weighted by Crippen LogP contribution is 2.37. The summed E-state index contributed by atoms with van der Waals surface area (Å²) in [5, 5.41) is 1.21. The molecule has 1 aliphatic heterocycles. The van der Waals surface area contributed by atoms with Crippen molar-refractivity contribution < 1.29 is 9.21 Å². The summed E-state index contributed by atoms with van der Waals surface area (Å²) < 4.78 is 5.95. The van der Waals surface area contributed by atoms with Crippen LogP contribution in [0.1, 0.15) is 54.5 Å². The van der Waals surface area contributed by atoms with Gasteiger partial charge < -0.3 is 14.3 Å². The number of H-pyrrole nitrogens is 1. The molecule has 5 nitrogen and oxygen atoms in total. The van der Waals surface area contributed by atoms with Crippen LogP contribution in [0.5, 0.6) is 0 Å². The Morgan fingerprint density at radius 1 is 1.31 bits per heavy atom. The Morgan fingerprint density at radius 3 is 3.04 bits per heavy atom. The number of hydrogen-bond acceptors (Lipinski definition) is 3. The van der Waals surface area contributed by atoms with E-state index < -0.39 is 0 Å². The zero-order chi connectivity index (χ0) is 17.5. The van der Waals surface area contributed by atoms with E-state index >= 15 is 0 Å². The molecule has 1 aromatic carbocycles. The van der Waals surface area contributed by atoms with E-state index in [1.807, 2.05) is 23.2 Å². The number of nitrogens with zero attached hydrogens (tertiary/aromatic N) is 2. The molecule has 2 aromatic heterocycles. The number of oxazole rings is 1. The van der Waals surface area contributed by atoms with Crippen LogP contribution >= 0.6 is 0 Å². The highest BCUT2D eigenvalue weighted by atomic mass is 16.4. The largest absolute Gasteiger partial charge is 0.445 e. The van der Waals surface area contributed by atoms with Gasteiger partial charge in [-0.3, -0.25) is 4.79 Å². The Labute approximate surface area is 152 Å². The van der Waals surface area contributed by atoms with E-state index in [9.17, 15) is 4.79 Å². The number of benzene rings is 1. The molecule has 1 amide bonds. The maximum absolute atomic E-state index is 12.7. The number of aryl methyl sites for hydroxylation is 1. The van der Waals surface area contributed by atoms with E-state index in [1.54, 1.807) is 0 Å². The van der Waals surface area contributed by atoms with Crippen LogP contribution in [0.25, 0.3) is 10.9 Å². The van der Waals surface area contributed by atoms with Crippen molar-refractivity contribution in [1.82, 2.24) is 14.9 Å². The van der Waals surface area contributed by atoms with Gasteiger partial charge in [-0.05, 0) is 30.9 Å². The standard InChI is InChI=1S/C21H23N3O2/c25-20(9-8-15-12-22-17-7-2-1-6-16(15)17)24-11-10-19-18(13-24)23-21(26-19)14-4-3-5-14/h1-2,6-7,12,14,22H,3-5,8-11,13H2. The molecule has 26 heavy (non-hydrogen) atoms. The molecular formula is C21H23N3O2. The Balaban J connectivity index is 1.24. The van der Waals surface area contributed by atoms with E-state index in [0.29, 0.717) is 18.9 Å². The lowest BCUT2D eigenvalue weighted by Gasteiger charge is -2.25. The molecule has 0 saturated heterocycles. The lowest BCUT2D eigenvalue weighted by atomic mass is 9.85. The summed E-state index contributed by atoms with van der Waals surface area (Å²) in [6.45, 7) is 1.33. The van der Waals surface area contributed by atoms with Crippen molar-refractivity contribution in [2.24, 2.45) is 0 Å². The zero-order valence-corrected chi connectivity index (χ0v) is 14.8. The molecule has 0 unspecified atom stereocenters. The summed E-state index contributed by atoms with van der Waals surface area (Å²) in [6, 6.07) is 8.24. The van der Waals surface area contributed by atoms with E-state index in [1.165, 1.54) is 30.2 Å². The number of para-hydroxylation sites is 1. The molecule has 134 valence electrons. The van der Waals surface area contributed by atoms with Gasteiger partial charge in [0.25, 0.3) is 0 Å². The molecule has 1 fully saturated rings. The smallest absolute Gasteiger partial charge is 0.223 e. The van der Waals surface area contributed by atoms with Crippen molar-refractivity contribution in [2.45, 2.75) is 51.0 Å². The number of carbonyl (C=O) groups is 1. The lowest BCUT2D eigenvalue weighted by Crippen LogP contribution is -2.35. The third-order valence-corrected chi connectivity index (χ3v) is 5.83.